The Bertz CT molecular complexity index is 814. The number of halogens is 1. The van der Waals surface area contributed by atoms with Crippen molar-refractivity contribution in [1.29, 1.82) is 0 Å². The highest BCUT2D eigenvalue weighted by Crippen LogP contribution is 2.13. The van der Waals surface area contributed by atoms with Gasteiger partial charge in [-0.25, -0.2) is 9.18 Å². The lowest BCUT2D eigenvalue weighted by Gasteiger charge is -2.07. The number of esters is 1. The molecule has 2 rings (SSSR count). The minimum absolute atomic E-state index is 0.192. The molecule has 0 saturated carbocycles. The average Bonchev–Trinajstić information content (AvgIpc) is 2.61. The molecule has 0 fully saturated rings. The molecule has 7 heteroatoms. The maximum absolute atomic E-state index is 12.8. The quantitative estimate of drug-likeness (QED) is 0.616. The van der Waals surface area contributed by atoms with E-state index < -0.39 is 18.5 Å². The standard InChI is InChI=1S/C19H17FN2O4/c1-13(23)21-16-7-9-17(10-8-16)22-18(24)12-26-19(25)11-4-14-2-5-15(20)6-3-14/h2-11H,12H2,1H3,(H,21,23)(H,22,24). The van der Waals surface area contributed by atoms with E-state index in [0.29, 0.717) is 16.9 Å². The van der Waals surface area contributed by atoms with E-state index in [2.05, 4.69) is 10.6 Å². The number of hydrogen-bond acceptors (Lipinski definition) is 4. The first kappa shape index (κ1) is 18.9. The van der Waals surface area contributed by atoms with E-state index in [-0.39, 0.29) is 11.7 Å². The molecule has 2 amide bonds. The van der Waals surface area contributed by atoms with Crippen molar-refractivity contribution >= 4 is 35.2 Å². The molecule has 2 N–H and O–H groups in total. The van der Waals surface area contributed by atoms with Crippen molar-refractivity contribution in [3.63, 3.8) is 0 Å². The number of nitrogens with one attached hydrogen (secondary N) is 2. The highest BCUT2D eigenvalue weighted by molar-refractivity contribution is 5.95. The molecule has 26 heavy (non-hydrogen) atoms. The summed E-state index contributed by atoms with van der Waals surface area (Å²) >= 11 is 0. The Hall–Kier alpha value is -3.48. The molecule has 0 aliphatic heterocycles. The summed E-state index contributed by atoms with van der Waals surface area (Å²) in [6.45, 7) is 0.953. The molecule has 0 unspecified atom stereocenters. The van der Waals surface area contributed by atoms with Crippen LogP contribution in [-0.4, -0.2) is 24.4 Å². The summed E-state index contributed by atoms with van der Waals surface area (Å²) in [7, 11) is 0. The van der Waals surface area contributed by atoms with E-state index >= 15 is 0 Å². The highest BCUT2D eigenvalue weighted by Gasteiger charge is 2.06. The van der Waals surface area contributed by atoms with Crippen LogP contribution in [-0.2, 0) is 19.1 Å². The molecule has 0 aliphatic rings. The fourth-order valence-corrected chi connectivity index (χ4v) is 1.96. The first-order valence-electron chi connectivity index (χ1n) is 7.70. The molecule has 0 atom stereocenters. The average molecular weight is 356 g/mol. The van der Waals surface area contributed by atoms with Crippen molar-refractivity contribution in [1.82, 2.24) is 0 Å². The third kappa shape index (κ3) is 6.56. The van der Waals surface area contributed by atoms with Crippen LogP contribution in [0.4, 0.5) is 15.8 Å². The summed E-state index contributed by atoms with van der Waals surface area (Å²) < 4.78 is 17.6. The minimum Gasteiger partial charge on any atom is -0.452 e. The van der Waals surface area contributed by atoms with Crippen LogP contribution in [0.25, 0.3) is 6.08 Å². The molecular weight excluding hydrogens is 339 g/mol. The van der Waals surface area contributed by atoms with Crippen molar-refractivity contribution < 1.29 is 23.5 Å². The molecule has 2 aromatic rings. The Morgan fingerprint density at radius 1 is 0.962 bits per heavy atom. The first-order valence-corrected chi connectivity index (χ1v) is 7.70. The molecule has 134 valence electrons. The predicted octanol–water partition coefficient (Wildman–Crippen LogP) is 2.98. The maximum atomic E-state index is 12.8. The molecule has 0 radical (unpaired) electrons. The van der Waals surface area contributed by atoms with Crippen LogP contribution in [0.1, 0.15) is 12.5 Å². The zero-order valence-electron chi connectivity index (χ0n) is 14.0. The van der Waals surface area contributed by atoms with Crippen LogP contribution in [0.15, 0.2) is 54.6 Å². The zero-order valence-corrected chi connectivity index (χ0v) is 14.0. The lowest BCUT2D eigenvalue weighted by molar-refractivity contribution is -0.142. The number of rotatable bonds is 6. The summed E-state index contributed by atoms with van der Waals surface area (Å²) in [5.74, 6) is -1.75. The van der Waals surface area contributed by atoms with Gasteiger partial charge in [-0.1, -0.05) is 12.1 Å². The molecule has 0 aromatic heterocycles. The highest BCUT2D eigenvalue weighted by atomic mass is 19.1. The third-order valence-electron chi connectivity index (χ3n) is 3.12. The van der Waals surface area contributed by atoms with Gasteiger partial charge in [0.05, 0.1) is 0 Å². The number of ether oxygens (including phenoxy) is 1. The van der Waals surface area contributed by atoms with E-state index in [1.54, 1.807) is 24.3 Å². The lowest BCUT2D eigenvalue weighted by atomic mass is 10.2. The van der Waals surface area contributed by atoms with Gasteiger partial charge in [0, 0.05) is 24.4 Å². The predicted molar refractivity (Wildman–Crippen MR) is 95.8 cm³/mol. The van der Waals surface area contributed by atoms with Gasteiger partial charge in [-0.05, 0) is 48.0 Å². The van der Waals surface area contributed by atoms with Crippen LogP contribution in [0.2, 0.25) is 0 Å². The second-order valence-electron chi connectivity index (χ2n) is 5.30. The Balaban J connectivity index is 1.78. The molecule has 0 aliphatic carbocycles. The molecular formula is C19H17FN2O4. The van der Waals surface area contributed by atoms with Crippen LogP contribution in [0.5, 0.6) is 0 Å². The van der Waals surface area contributed by atoms with Crippen molar-refractivity contribution in [3.05, 3.63) is 66.0 Å². The number of carbonyl (C=O) groups is 3. The van der Waals surface area contributed by atoms with Crippen molar-refractivity contribution in [2.45, 2.75) is 6.92 Å². The number of hydrogen-bond donors (Lipinski definition) is 2. The smallest absolute Gasteiger partial charge is 0.331 e. The fraction of sp³-hybridized carbons (Fsp3) is 0.105. The first-order chi connectivity index (χ1) is 12.4. The van der Waals surface area contributed by atoms with Crippen LogP contribution in [0.3, 0.4) is 0 Å². The lowest BCUT2D eigenvalue weighted by Crippen LogP contribution is -2.20. The summed E-state index contributed by atoms with van der Waals surface area (Å²) in [6.07, 6.45) is 2.61. The largest absolute Gasteiger partial charge is 0.452 e. The summed E-state index contributed by atoms with van der Waals surface area (Å²) in [6, 6.07) is 12.1. The van der Waals surface area contributed by atoms with E-state index in [4.69, 9.17) is 4.74 Å². The van der Waals surface area contributed by atoms with Gasteiger partial charge in [0.2, 0.25) is 5.91 Å². The molecule has 6 nitrogen and oxygen atoms in total. The van der Waals surface area contributed by atoms with Crippen LogP contribution >= 0.6 is 0 Å². The Morgan fingerprint density at radius 2 is 1.54 bits per heavy atom. The van der Waals surface area contributed by atoms with E-state index in [1.165, 1.54) is 37.3 Å². The Kier molecular flexibility index (Phi) is 6.61. The Labute approximate surface area is 149 Å². The number of amides is 2. The van der Waals surface area contributed by atoms with Gasteiger partial charge in [0.25, 0.3) is 5.91 Å². The molecule has 0 saturated heterocycles. The van der Waals surface area contributed by atoms with E-state index in [0.717, 1.165) is 6.08 Å². The topological polar surface area (TPSA) is 84.5 Å². The minimum atomic E-state index is -0.689. The number of carbonyl (C=O) groups excluding carboxylic acids is 3. The van der Waals surface area contributed by atoms with Crippen LogP contribution < -0.4 is 10.6 Å². The maximum Gasteiger partial charge on any atom is 0.331 e. The normalized spacial score (nSPS) is 10.4. The van der Waals surface area contributed by atoms with Crippen molar-refractivity contribution in [2.75, 3.05) is 17.2 Å². The van der Waals surface area contributed by atoms with Gasteiger partial charge >= 0.3 is 5.97 Å². The second kappa shape index (κ2) is 9.12. The van der Waals surface area contributed by atoms with Gasteiger partial charge in [-0.3, -0.25) is 9.59 Å². The van der Waals surface area contributed by atoms with E-state index in [9.17, 15) is 18.8 Å². The number of benzene rings is 2. The molecule has 0 spiro atoms. The van der Waals surface area contributed by atoms with E-state index in [1.807, 2.05) is 0 Å². The third-order valence-corrected chi connectivity index (χ3v) is 3.12. The number of anilines is 2. The molecule has 2 aromatic carbocycles. The molecule has 0 heterocycles. The monoisotopic (exact) mass is 356 g/mol. The van der Waals surface area contributed by atoms with Gasteiger partial charge in [0.1, 0.15) is 5.82 Å². The van der Waals surface area contributed by atoms with Gasteiger partial charge in [-0.2, -0.15) is 0 Å². The zero-order chi connectivity index (χ0) is 18.9. The Morgan fingerprint density at radius 3 is 2.12 bits per heavy atom. The second-order valence-corrected chi connectivity index (χ2v) is 5.30. The van der Waals surface area contributed by atoms with Crippen LogP contribution in [0, 0.1) is 5.82 Å². The molecule has 0 bridgehead atoms. The van der Waals surface area contributed by atoms with Gasteiger partial charge < -0.3 is 15.4 Å². The van der Waals surface area contributed by atoms with Gasteiger partial charge in [-0.15, -0.1) is 0 Å². The fourth-order valence-electron chi connectivity index (χ4n) is 1.96. The van der Waals surface area contributed by atoms with Gasteiger partial charge in [0.15, 0.2) is 6.61 Å². The summed E-state index contributed by atoms with van der Waals surface area (Å²) in [4.78, 5) is 34.3. The summed E-state index contributed by atoms with van der Waals surface area (Å²) in [5, 5.41) is 5.17. The SMILES string of the molecule is CC(=O)Nc1ccc(NC(=O)COC(=O)C=Cc2ccc(F)cc2)cc1. The van der Waals surface area contributed by atoms with Crippen molar-refractivity contribution in [3.8, 4) is 0 Å². The summed E-state index contributed by atoms with van der Waals surface area (Å²) in [5.41, 5.74) is 1.74. The van der Waals surface area contributed by atoms with Crippen molar-refractivity contribution in [2.24, 2.45) is 0 Å².